The normalized spacial score (nSPS) is 10.6. The molecule has 0 amide bonds. The molecule has 0 bridgehead atoms. The molecule has 2 heterocycles. The first-order valence-corrected chi connectivity index (χ1v) is 4.17. The lowest BCUT2D eigenvalue weighted by Gasteiger charge is -1.90. The van der Waals surface area contributed by atoms with Gasteiger partial charge in [0.1, 0.15) is 0 Å². The minimum atomic E-state index is 0.789. The van der Waals surface area contributed by atoms with Crippen LogP contribution >= 0.6 is 0 Å². The van der Waals surface area contributed by atoms with Crippen LogP contribution in [0.4, 0.5) is 11.4 Å². The van der Waals surface area contributed by atoms with Crippen LogP contribution < -0.4 is 0 Å². The van der Waals surface area contributed by atoms with E-state index in [4.69, 9.17) is 0 Å². The van der Waals surface area contributed by atoms with Gasteiger partial charge in [0.25, 0.3) is 0 Å². The first-order chi connectivity index (χ1) is 6.95. The van der Waals surface area contributed by atoms with E-state index in [-0.39, 0.29) is 0 Å². The minimum absolute atomic E-state index is 0.789. The summed E-state index contributed by atoms with van der Waals surface area (Å²) in [6, 6.07) is 7.19. The van der Waals surface area contributed by atoms with E-state index in [1.165, 1.54) is 0 Å². The van der Waals surface area contributed by atoms with Gasteiger partial charge in [-0.15, -0.1) is 0 Å². The SMILES string of the molecule is c1cc(N=Nc2ccncc2)ccn1. The quantitative estimate of drug-likeness (QED) is 0.674. The van der Waals surface area contributed by atoms with E-state index in [1.54, 1.807) is 49.1 Å². The second kappa shape index (κ2) is 4.23. The largest absolute Gasteiger partial charge is 0.265 e. The van der Waals surface area contributed by atoms with Crippen LogP contribution in [0.15, 0.2) is 59.3 Å². The van der Waals surface area contributed by atoms with Crippen LogP contribution in [0.5, 0.6) is 0 Å². The standard InChI is InChI=1S/C10H8N4/c1-5-11-6-2-9(1)13-14-10-3-7-12-8-4-10/h1-8H. The smallest absolute Gasteiger partial charge is 0.0887 e. The average Bonchev–Trinajstić information content (AvgIpc) is 2.29. The number of azo groups is 1. The summed E-state index contributed by atoms with van der Waals surface area (Å²) in [7, 11) is 0. The highest BCUT2D eigenvalue weighted by atomic mass is 15.1. The molecule has 0 atom stereocenters. The Kier molecular flexibility index (Phi) is 2.56. The van der Waals surface area contributed by atoms with Gasteiger partial charge < -0.3 is 0 Å². The molecule has 4 nitrogen and oxygen atoms in total. The first-order valence-electron chi connectivity index (χ1n) is 4.17. The zero-order chi connectivity index (χ0) is 9.64. The van der Waals surface area contributed by atoms with E-state index in [1.807, 2.05) is 0 Å². The van der Waals surface area contributed by atoms with Crippen molar-refractivity contribution in [3.63, 3.8) is 0 Å². The Balaban J connectivity index is 2.16. The Hall–Kier alpha value is -2.10. The van der Waals surface area contributed by atoms with Crippen LogP contribution in [0.2, 0.25) is 0 Å². The van der Waals surface area contributed by atoms with Crippen molar-refractivity contribution in [1.29, 1.82) is 0 Å². The van der Waals surface area contributed by atoms with E-state index >= 15 is 0 Å². The van der Waals surface area contributed by atoms with Crippen molar-refractivity contribution in [2.45, 2.75) is 0 Å². The summed E-state index contributed by atoms with van der Waals surface area (Å²) >= 11 is 0. The highest BCUT2D eigenvalue weighted by Crippen LogP contribution is 2.15. The predicted molar refractivity (Wildman–Crippen MR) is 52.7 cm³/mol. The number of hydrogen-bond donors (Lipinski definition) is 0. The van der Waals surface area contributed by atoms with Crippen LogP contribution in [0.3, 0.4) is 0 Å². The molecule has 0 unspecified atom stereocenters. The molecule has 2 aromatic rings. The van der Waals surface area contributed by atoms with Crippen LogP contribution in [0.1, 0.15) is 0 Å². The highest BCUT2D eigenvalue weighted by Gasteiger charge is 1.87. The lowest BCUT2D eigenvalue weighted by molar-refractivity contribution is 1.19. The van der Waals surface area contributed by atoms with Crippen LogP contribution in [-0.2, 0) is 0 Å². The molecule has 0 aliphatic rings. The second-order valence-corrected chi connectivity index (χ2v) is 2.61. The molecule has 2 rings (SSSR count). The monoisotopic (exact) mass is 184 g/mol. The number of rotatable bonds is 2. The average molecular weight is 184 g/mol. The summed E-state index contributed by atoms with van der Waals surface area (Å²) < 4.78 is 0. The molecule has 14 heavy (non-hydrogen) atoms. The fourth-order valence-electron chi connectivity index (χ4n) is 0.937. The van der Waals surface area contributed by atoms with E-state index in [0.29, 0.717) is 0 Å². The molecule has 0 saturated carbocycles. The third kappa shape index (κ3) is 2.20. The van der Waals surface area contributed by atoms with Crippen LogP contribution in [0.25, 0.3) is 0 Å². The van der Waals surface area contributed by atoms with Gasteiger partial charge in [0.15, 0.2) is 0 Å². The van der Waals surface area contributed by atoms with Gasteiger partial charge in [-0.25, -0.2) is 0 Å². The molecule has 0 saturated heterocycles. The zero-order valence-corrected chi connectivity index (χ0v) is 7.41. The number of aromatic nitrogens is 2. The Bertz CT molecular complexity index is 369. The molecule has 0 radical (unpaired) electrons. The number of pyridine rings is 2. The summed E-state index contributed by atoms with van der Waals surface area (Å²) in [6.07, 6.45) is 6.73. The Labute approximate surface area is 81.4 Å². The van der Waals surface area contributed by atoms with E-state index in [2.05, 4.69) is 20.2 Å². The van der Waals surface area contributed by atoms with Crippen molar-refractivity contribution >= 4 is 11.4 Å². The van der Waals surface area contributed by atoms with E-state index in [0.717, 1.165) is 11.4 Å². The van der Waals surface area contributed by atoms with Crippen molar-refractivity contribution in [3.05, 3.63) is 49.1 Å². The third-order valence-corrected chi connectivity index (χ3v) is 1.61. The molecule has 68 valence electrons. The van der Waals surface area contributed by atoms with Gasteiger partial charge in [0.2, 0.25) is 0 Å². The molecule has 0 spiro atoms. The van der Waals surface area contributed by atoms with E-state index in [9.17, 15) is 0 Å². The predicted octanol–water partition coefficient (Wildman–Crippen LogP) is 2.89. The van der Waals surface area contributed by atoms with Crippen molar-refractivity contribution < 1.29 is 0 Å². The van der Waals surface area contributed by atoms with Crippen LogP contribution in [-0.4, -0.2) is 9.97 Å². The fraction of sp³-hybridized carbons (Fsp3) is 0. The maximum atomic E-state index is 4.03. The van der Waals surface area contributed by atoms with Gasteiger partial charge in [-0.3, -0.25) is 9.97 Å². The van der Waals surface area contributed by atoms with Gasteiger partial charge in [-0.05, 0) is 24.3 Å². The molecular weight excluding hydrogens is 176 g/mol. The maximum Gasteiger partial charge on any atom is 0.0887 e. The number of hydrogen-bond acceptors (Lipinski definition) is 4. The van der Waals surface area contributed by atoms with Crippen molar-refractivity contribution in [2.75, 3.05) is 0 Å². The summed E-state index contributed by atoms with van der Waals surface area (Å²) in [4.78, 5) is 7.78. The lowest BCUT2D eigenvalue weighted by Crippen LogP contribution is -1.68. The molecule has 0 fully saturated rings. The van der Waals surface area contributed by atoms with Crippen LogP contribution in [0, 0.1) is 0 Å². The fourth-order valence-corrected chi connectivity index (χ4v) is 0.937. The number of nitrogens with zero attached hydrogens (tertiary/aromatic N) is 4. The Morgan fingerprint density at radius 3 is 1.36 bits per heavy atom. The Morgan fingerprint density at radius 2 is 1.00 bits per heavy atom. The van der Waals surface area contributed by atoms with Gasteiger partial charge in [-0.2, -0.15) is 10.2 Å². The minimum Gasteiger partial charge on any atom is -0.265 e. The van der Waals surface area contributed by atoms with Gasteiger partial charge in [-0.1, -0.05) is 0 Å². The highest BCUT2D eigenvalue weighted by molar-refractivity contribution is 5.36. The lowest BCUT2D eigenvalue weighted by atomic mass is 10.4. The first kappa shape index (κ1) is 8.50. The van der Waals surface area contributed by atoms with Crippen molar-refractivity contribution in [2.24, 2.45) is 10.2 Å². The molecule has 0 N–H and O–H groups in total. The molecule has 0 aliphatic carbocycles. The molecule has 4 heteroatoms. The summed E-state index contributed by atoms with van der Waals surface area (Å²) in [6.45, 7) is 0. The molecule has 2 aromatic heterocycles. The Morgan fingerprint density at radius 1 is 0.643 bits per heavy atom. The second-order valence-electron chi connectivity index (χ2n) is 2.61. The molecule has 0 aromatic carbocycles. The summed E-state index contributed by atoms with van der Waals surface area (Å²) in [5.74, 6) is 0. The van der Waals surface area contributed by atoms with Crippen molar-refractivity contribution in [3.8, 4) is 0 Å². The van der Waals surface area contributed by atoms with Gasteiger partial charge in [0, 0.05) is 24.8 Å². The van der Waals surface area contributed by atoms with Crippen molar-refractivity contribution in [1.82, 2.24) is 9.97 Å². The third-order valence-electron chi connectivity index (χ3n) is 1.61. The maximum absolute atomic E-state index is 4.03. The van der Waals surface area contributed by atoms with Gasteiger partial charge >= 0.3 is 0 Å². The topological polar surface area (TPSA) is 50.5 Å². The van der Waals surface area contributed by atoms with E-state index < -0.39 is 0 Å². The zero-order valence-electron chi connectivity index (χ0n) is 7.41. The van der Waals surface area contributed by atoms with Gasteiger partial charge in [0.05, 0.1) is 11.4 Å². The molecule has 0 aliphatic heterocycles. The summed E-state index contributed by atoms with van der Waals surface area (Å²) in [5.41, 5.74) is 1.58. The molecular formula is C10H8N4. The summed E-state index contributed by atoms with van der Waals surface area (Å²) in [5, 5.41) is 8.07.